The van der Waals surface area contributed by atoms with Crippen molar-refractivity contribution >= 4 is 15.9 Å². The lowest BCUT2D eigenvalue weighted by atomic mass is 10.1. The van der Waals surface area contributed by atoms with Crippen molar-refractivity contribution in [3.8, 4) is 0 Å². The Hall–Kier alpha value is -0.380. The van der Waals surface area contributed by atoms with Gasteiger partial charge in [-0.05, 0) is 44.9 Å². The Balaban J connectivity index is 2.33. The quantitative estimate of drug-likeness (QED) is 0.833. The molecule has 1 aromatic rings. The van der Waals surface area contributed by atoms with E-state index in [1.54, 1.807) is 0 Å². The van der Waals surface area contributed by atoms with Crippen LogP contribution in [0, 0.1) is 0 Å². The third kappa shape index (κ3) is 6.20. The van der Waals surface area contributed by atoms with Gasteiger partial charge in [-0.2, -0.15) is 0 Å². The lowest BCUT2D eigenvalue weighted by Gasteiger charge is -2.20. The Bertz CT molecular complexity index is 313. The highest BCUT2D eigenvalue weighted by Crippen LogP contribution is 2.12. The summed E-state index contributed by atoms with van der Waals surface area (Å²) in [4.78, 5) is 0. The zero-order valence-electron chi connectivity index (χ0n) is 10.9. The van der Waals surface area contributed by atoms with Crippen molar-refractivity contribution in [1.29, 1.82) is 0 Å². The molecule has 0 aliphatic carbocycles. The van der Waals surface area contributed by atoms with E-state index >= 15 is 0 Å². The maximum atomic E-state index is 5.39. The van der Waals surface area contributed by atoms with E-state index in [4.69, 9.17) is 4.74 Å². The van der Waals surface area contributed by atoms with E-state index in [1.807, 2.05) is 6.92 Å². The first-order valence-electron chi connectivity index (χ1n) is 6.20. The first-order chi connectivity index (χ1) is 8.11. The monoisotopic (exact) mass is 299 g/mol. The van der Waals surface area contributed by atoms with Gasteiger partial charge in [-0.25, -0.2) is 0 Å². The van der Waals surface area contributed by atoms with Crippen LogP contribution in [0.25, 0.3) is 0 Å². The van der Waals surface area contributed by atoms with Crippen LogP contribution >= 0.6 is 15.9 Å². The van der Waals surface area contributed by atoms with E-state index in [-0.39, 0.29) is 0 Å². The van der Waals surface area contributed by atoms with Gasteiger partial charge in [0.1, 0.15) is 0 Å². The molecule has 0 fully saturated rings. The van der Waals surface area contributed by atoms with Gasteiger partial charge in [0, 0.05) is 23.2 Å². The molecular formula is C14H22BrNO. The molecule has 3 heteroatoms. The van der Waals surface area contributed by atoms with Crippen LogP contribution in [-0.4, -0.2) is 25.3 Å². The summed E-state index contributed by atoms with van der Waals surface area (Å²) >= 11 is 3.45. The molecule has 96 valence electrons. The molecule has 1 rings (SSSR count). The van der Waals surface area contributed by atoms with E-state index in [2.05, 4.69) is 59.4 Å². The highest BCUT2D eigenvalue weighted by molar-refractivity contribution is 9.10. The topological polar surface area (TPSA) is 21.3 Å². The first kappa shape index (κ1) is 14.7. The summed E-state index contributed by atoms with van der Waals surface area (Å²) in [5.41, 5.74) is 1.36. The number of rotatable bonds is 7. The average molecular weight is 300 g/mol. The van der Waals surface area contributed by atoms with E-state index in [1.165, 1.54) is 5.56 Å². The van der Waals surface area contributed by atoms with Crippen molar-refractivity contribution in [2.24, 2.45) is 0 Å². The molecule has 0 amide bonds. The van der Waals surface area contributed by atoms with Crippen LogP contribution in [0.4, 0.5) is 0 Å². The van der Waals surface area contributed by atoms with Crippen molar-refractivity contribution in [1.82, 2.24) is 5.32 Å². The molecule has 2 unspecified atom stereocenters. The summed E-state index contributed by atoms with van der Waals surface area (Å²) in [6.45, 7) is 7.96. The smallest absolute Gasteiger partial charge is 0.0616 e. The van der Waals surface area contributed by atoms with Gasteiger partial charge in [0.05, 0.1) is 6.61 Å². The van der Waals surface area contributed by atoms with Crippen LogP contribution in [-0.2, 0) is 11.2 Å². The van der Waals surface area contributed by atoms with Gasteiger partial charge in [-0.15, -0.1) is 0 Å². The molecule has 0 aromatic heterocycles. The van der Waals surface area contributed by atoms with Gasteiger partial charge >= 0.3 is 0 Å². The molecule has 0 spiro atoms. The van der Waals surface area contributed by atoms with Crippen molar-refractivity contribution in [3.63, 3.8) is 0 Å². The SMILES string of the molecule is CCOCC(C)NC(C)Cc1ccc(Br)cc1. The van der Waals surface area contributed by atoms with E-state index in [9.17, 15) is 0 Å². The Morgan fingerprint density at radius 3 is 2.41 bits per heavy atom. The maximum absolute atomic E-state index is 5.39. The van der Waals surface area contributed by atoms with Crippen LogP contribution in [0.15, 0.2) is 28.7 Å². The minimum absolute atomic E-state index is 0.403. The number of nitrogens with one attached hydrogen (secondary N) is 1. The number of halogens is 1. The molecule has 0 aliphatic heterocycles. The van der Waals surface area contributed by atoms with Crippen LogP contribution in [0.2, 0.25) is 0 Å². The average Bonchev–Trinajstić information content (AvgIpc) is 2.29. The van der Waals surface area contributed by atoms with Crippen LogP contribution in [0.5, 0.6) is 0 Å². The summed E-state index contributed by atoms with van der Waals surface area (Å²) in [5.74, 6) is 0. The predicted molar refractivity (Wildman–Crippen MR) is 76.4 cm³/mol. The van der Waals surface area contributed by atoms with Crippen LogP contribution in [0.3, 0.4) is 0 Å². The van der Waals surface area contributed by atoms with Crippen molar-refractivity contribution in [2.45, 2.75) is 39.3 Å². The second-order valence-electron chi connectivity index (χ2n) is 4.46. The fourth-order valence-corrected chi connectivity index (χ4v) is 2.13. The lowest BCUT2D eigenvalue weighted by Crippen LogP contribution is -2.38. The molecule has 0 bridgehead atoms. The number of hydrogen-bond donors (Lipinski definition) is 1. The lowest BCUT2D eigenvalue weighted by molar-refractivity contribution is 0.124. The van der Waals surface area contributed by atoms with Gasteiger partial charge in [-0.1, -0.05) is 28.1 Å². The highest BCUT2D eigenvalue weighted by Gasteiger charge is 2.07. The second-order valence-corrected chi connectivity index (χ2v) is 5.37. The third-order valence-corrected chi connectivity index (χ3v) is 3.12. The zero-order valence-corrected chi connectivity index (χ0v) is 12.5. The first-order valence-corrected chi connectivity index (χ1v) is 6.99. The maximum Gasteiger partial charge on any atom is 0.0616 e. The van der Waals surface area contributed by atoms with Gasteiger partial charge in [0.15, 0.2) is 0 Å². The van der Waals surface area contributed by atoms with Crippen molar-refractivity contribution < 1.29 is 4.74 Å². The Labute approximate surface area is 113 Å². The Kier molecular flexibility index (Phi) is 6.78. The predicted octanol–water partition coefficient (Wildman–Crippen LogP) is 3.39. The molecule has 1 aromatic carbocycles. The van der Waals surface area contributed by atoms with Crippen molar-refractivity contribution in [3.05, 3.63) is 34.3 Å². The minimum atomic E-state index is 0.403. The van der Waals surface area contributed by atoms with Gasteiger partial charge < -0.3 is 10.1 Å². The van der Waals surface area contributed by atoms with Crippen molar-refractivity contribution in [2.75, 3.05) is 13.2 Å². The molecule has 0 radical (unpaired) electrons. The summed E-state index contributed by atoms with van der Waals surface area (Å²) in [5, 5.41) is 3.54. The molecule has 0 aliphatic rings. The van der Waals surface area contributed by atoms with Gasteiger partial charge in [0.2, 0.25) is 0 Å². The van der Waals surface area contributed by atoms with Crippen LogP contribution in [0.1, 0.15) is 26.3 Å². The summed E-state index contributed by atoms with van der Waals surface area (Å²) in [7, 11) is 0. The number of benzene rings is 1. The molecule has 0 saturated heterocycles. The minimum Gasteiger partial charge on any atom is -0.380 e. The zero-order chi connectivity index (χ0) is 12.7. The Morgan fingerprint density at radius 1 is 1.18 bits per heavy atom. The summed E-state index contributed by atoms with van der Waals surface area (Å²) in [6.07, 6.45) is 1.05. The molecule has 1 N–H and O–H groups in total. The van der Waals surface area contributed by atoms with E-state index in [0.717, 1.165) is 24.1 Å². The summed E-state index contributed by atoms with van der Waals surface area (Å²) in [6, 6.07) is 9.37. The summed E-state index contributed by atoms with van der Waals surface area (Å²) < 4.78 is 6.52. The van der Waals surface area contributed by atoms with Gasteiger partial charge in [-0.3, -0.25) is 0 Å². The van der Waals surface area contributed by atoms with E-state index < -0.39 is 0 Å². The fraction of sp³-hybridized carbons (Fsp3) is 0.571. The molecule has 0 heterocycles. The largest absolute Gasteiger partial charge is 0.380 e. The third-order valence-electron chi connectivity index (χ3n) is 2.60. The number of ether oxygens (including phenoxy) is 1. The second kappa shape index (κ2) is 7.85. The molecule has 2 nitrogen and oxygen atoms in total. The molecule has 17 heavy (non-hydrogen) atoms. The highest BCUT2D eigenvalue weighted by atomic mass is 79.9. The van der Waals surface area contributed by atoms with E-state index in [0.29, 0.717) is 12.1 Å². The molecule has 0 saturated carbocycles. The molecule has 2 atom stereocenters. The van der Waals surface area contributed by atoms with Crippen LogP contribution < -0.4 is 5.32 Å². The standard InChI is InChI=1S/C14H22BrNO/c1-4-17-10-12(3)16-11(2)9-13-5-7-14(15)8-6-13/h5-8,11-12,16H,4,9-10H2,1-3H3. The fourth-order valence-electron chi connectivity index (χ4n) is 1.86. The normalized spacial score (nSPS) is 14.6. The Morgan fingerprint density at radius 2 is 1.82 bits per heavy atom. The molecular weight excluding hydrogens is 278 g/mol. The van der Waals surface area contributed by atoms with Gasteiger partial charge in [0.25, 0.3) is 0 Å². The number of hydrogen-bond acceptors (Lipinski definition) is 2.